The van der Waals surface area contributed by atoms with Crippen molar-refractivity contribution in [3.63, 3.8) is 0 Å². The molecule has 26 heavy (non-hydrogen) atoms. The number of likely N-dealkylation sites (tertiary alicyclic amines) is 1. The van der Waals surface area contributed by atoms with Crippen molar-refractivity contribution in [2.45, 2.75) is 55.3 Å². The van der Waals surface area contributed by atoms with Gasteiger partial charge in [-0.2, -0.15) is 4.98 Å². The molecule has 0 aromatic carbocycles. The highest BCUT2D eigenvalue weighted by atomic mass is 32.2. The number of nitrogens with one attached hydrogen (secondary N) is 1. The fraction of sp³-hybridized carbons (Fsp3) is 0.750. The van der Waals surface area contributed by atoms with Crippen LogP contribution in [0.3, 0.4) is 0 Å². The topological polar surface area (TPSA) is 84.4 Å². The van der Waals surface area contributed by atoms with Crippen molar-refractivity contribution in [1.29, 1.82) is 0 Å². The number of halogens is 2. The van der Waals surface area contributed by atoms with Crippen LogP contribution < -0.4 is 10.1 Å². The molecule has 0 radical (unpaired) electrons. The van der Waals surface area contributed by atoms with E-state index in [9.17, 15) is 17.2 Å². The van der Waals surface area contributed by atoms with Crippen LogP contribution >= 0.6 is 0 Å². The molecule has 2 fully saturated rings. The summed E-state index contributed by atoms with van der Waals surface area (Å²) in [6.45, 7) is 1.41. The van der Waals surface area contributed by atoms with E-state index in [-0.39, 0.29) is 41.8 Å². The predicted octanol–water partition coefficient (Wildman–Crippen LogP) is 1.95. The summed E-state index contributed by atoms with van der Waals surface area (Å²) in [5.41, 5.74) is 0. The fourth-order valence-corrected chi connectivity index (χ4v) is 3.59. The smallest absolute Gasteiger partial charge is 0.252 e. The Morgan fingerprint density at radius 2 is 2.00 bits per heavy atom. The molecule has 10 heteroatoms. The number of ether oxygens (including phenoxy) is 1. The van der Waals surface area contributed by atoms with E-state index in [1.807, 2.05) is 7.05 Å². The molecule has 2 aliphatic rings. The molecule has 0 bridgehead atoms. The molecule has 0 spiro atoms. The van der Waals surface area contributed by atoms with Crippen molar-refractivity contribution in [2.24, 2.45) is 0 Å². The summed E-state index contributed by atoms with van der Waals surface area (Å²) in [5.74, 6) is -2.16. The molecule has 1 aromatic heterocycles. The van der Waals surface area contributed by atoms with E-state index in [2.05, 4.69) is 20.2 Å². The maximum Gasteiger partial charge on any atom is 0.252 e. The summed E-state index contributed by atoms with van der Waals surface area (Å²) in [5, 5.41) is 2.72. The Morgan fingerprint density at radius 3 is 2.54 bits per heavy atom. The first-order valence-electron chi connectivity index (χ1n) is 8.69. The number of alkyl halides is 2. The van der Waals surface area contributed by atoms with Crippen LogP contribution in [0, 0.1) is 0 Å². The lowest BCUT2D eigenvalue weighted by Gasteiger charge is -2.37. The number of aromatic nitrogens is 2. The molecule has 0 amide bonds. The zero-order chi connectivity index (χ0) is 18.9. The number of anilines is 1. The van der Waals surface area contributed by atoms with Crippen LogP contribution in [0.2, 0.25) is 0 Å². The predicted molar refractivity (Wildman–Crippen MR) is 92.5 cm³/mol. The van der Waals surface area contributed by atoms with E-state index < -0.39 is 15.8 Å². The van der Waals surface area contributed by atoms with Gasteiger partial charge in [-0.15, -0.1) is 0 Å². The standard InChI is InChI=1S/C16H24F2N4O3S/c1-22-8-5-12(22)10-25-14-9-13(20-15(21-14)26(2,23)24)19-11-3-6-16(17,18)7-4-11/h9,11-12H,3-8,10H2,1-2H3,(H,19,20,21). The monoisotopic (exact) mass is 390 g/mol. The third kappa shape index (κ3) is 4.79. The first-order valence-corrected chi connectivity index (χ1v) is 10.6. The maximum atomic E-state index is 13.3. The summed E-state index contributed by atoms with van der Waals surface area (Å²) < 4.78 is 56.0. The summed E-state index contributed by atoms with van der Waals surface area (Å²) in [7, 11) is -1.63. The van der Waals surface area contributed by atoms with Crippen molar-refractivity contribution in [2.75, 3.05) is 31.8 Å². The zero-order valence-corrected chi connectivity index (χ0v) is 15.7. The van der Waals surface area contributed by atoms with Gasteiger partial charge >= 0.3 is 0 Å². The second-order valence-corrected chi connectivity index (χ2v) is 9.06. The lowest BCUT2D eigenvalue weighted by molar-refractivity contribution is -0.0361. The van der Waals surface area contributed by atoms with Crippen molar-refractivity contribution >= 4 is 15.7 Å². The van der Waals surface area contributed by atoms with Crippen LogP contribution in [-0.4, -0.2) is 67.7 Å². The van der Waals surface area contributed by atoms with Gasteiger partial charge in [-0.25, -0.2) is 22.2 Å². The molecule has 1 aliphatic heterocycles. The van der Waals surface area contributed by atoms with Gasteiger partial charge in [0.1, 0.15) is 12.4 Å². The highest BCUT2D eigenvalue weighted by Gasteiger charge is 2.35. The van der Waals surface area contributed by atoms with E-state index in [1.165, 1.54) is 6.07 Å². The third-order valence-electron chi connectivity index (χ3n) is 4.94. The van der Waals surface area contributed by atoms with E-state index >= 15 is 0 Å². The van der Waals surface area contributed by atoms with Crippen LogP contribution in [0.5, 0.6) is 5.88 Å². The Labute approximate surface area is 152 Å². The summed E-state index contributed by atoms with van der Waals surface area (Å²) in [6, 6.07) is 1.63. The summed E-state index contributed by atoms with van der Waals surface area (Å²) in [6.07, 6.45) is 2.26. The van der Waals surface area contributed by atoms with Gasteiger partial charge in [0.05, 0.1) is 0 Å². The Balaban J connectivity index is 1.72. The molecule has 1 saturated carbocycles. The number of nitrogens with zero attached hydrogens (tertiary/aromatic N) is 3. The molecular weight excluding hydrogens is 366 g/mol. The molecular formula is C16H24F2N4O3S. The number of hydrogen-bond donors (Lipinski definition) is 1. The maximum absolute atomic E-state index is 13.3. The Hall–Kier alpha value is -1.55. The van der Waals surface area contributed by atoms with Crippen molar-refractivity contribution in [1.82, 2.24) is 14.9 Å². The van der Waals surface area contributed by atoms with E-state index in [0.717, 1.165) is 19.2 Å². The first kappa shape index (κ1) is 19.2. The van der Waals surface area contributed by atoms with Gasteiger partial charge in [0.15, 0.2) is 0 Å². The largest absolute Gasteiger partial charge is 0.476 e. The molecule has 1 N–H and O–H groups in total. The van der Waals surface area contributed by atoms with Crippen LogP contribution in [-0.2, 0) is 9.84 Å². The molecule has 3 rings (SSSR count). The highest BCUT2D eigenvalue weighted by Crippen LogP contribution is 2.34. The van der Waals surface area contributed by atoms with Crippen LogP contribution in [0.25, 0.3) is 0 Å². The van der Waals surface area contributed by atoms with Crippen molar-refractivity contribution in [3.8, 4) is 5.88 Å². The molecule has 2 heterocycles. The van der Waals surface area contributed by atoms with E-state index in [0.29, 0.717) is 19.4 Å². The number of likely N-dealkylation sites (N-methyl/N-ethyl adjacent to an activating group) is 1. The summed E-state index contributed by atoms with van der Waals surface area (Å²) in [4.78, 5) is 10.1. The van der Waals surface area contributed by atoms with E-state index in [1.54, 1.807) is 0 Å². The zero-order valence-electron chi connectivity index (χ0n) is 14.9. The lowest BCUT2D eigenvalue weighted by atomic mass is 9.92. The van der Waals surface area contributed by atoms with Gasteiger partial charge in [-0.3, -0.25) is 4.90 Å². The number of hydrogen-bond acceptors (Lipinski definition) is 7. The van der Waals surface area contributed by atoms with Gasteiger partial charge < -0.3 is 10.1 Å². The molecule has 7 nitrogen and oxygen atoms in total. The normalized spacial score (nSPS) is 24.1. The number of sulfone groups is 1. The van der Waals surface area contributed by atoms with Gasteiger partial charge in [0.2, 0.25) is 21.6 Å². The highest BCUT2D eigenvalue weighted by molar-refractivity contribution is 7.90. The number of rotatable bonds is 6. The third-order valence-corrected chi connectivity index (χ3v) is 5.79. The van der Waals surface area contributed by atoms with Gasteiger partial charge in [-0.1, -0.05) is 0 Å². The summed E-state index contributed by atoms with van der Waals surface area (Å²) >= 11 is 0. The van der Waals surface area contributed by atoms with Crippen molar-refractivity contribution < 1.29 is 21.9 Å². The second kappa shape index (κ2) is 7.22. The second-order valence-electron chi connectivity index (χ2n) is 7.15. The van der Waals surface area contributed by atoms with Crippen LogP contribution in [0.1, 0.15) is 32.1 Å². The minimum atomic E-state index is -3.62. The molecule has 1 unspecified atom stereocenters. The molecule has 1 saturated heterocycles. The fourth-order valence-electron chi connectivity index (χ4n) is 3.07. The van der Waals surface area contributed by atoms with Gasteiger partial charge in [0.25, 0.3) is 5.16 Å². The lowest BCUT2D eigenvalue weighted by Crippen LogP contribution is -2.48. The van der Waals surface area contributed by atoms with Crippen LogP contribution in [0.4, 0.5) is 14.6 Å². The Bertz CT molecular complexity index is 750. The van der Waals surface area contributed by atoms with Gasteiger partial charge in [0, 0.05) is 37.2 Å². The Morgan fingerprint density at radius 1 is 1.31 bits per heavy atom. The van der Waals surface area contributed by atoms with Crippen molar-refractivity contribution in [3.05, 3.63) is 6.07 Å². The minimum Gasteiger partial charge on any atom is -0.476 e. The molecule has 1 aliphatic carbocycles. The molecule has 1 atom stereocenters. The first-order chi connectivity index (χ1) is 12.1. The average molecular weight is 390 g/mol. The molecule has 146 valence electrons. The minimum absolute atomic E-state index is 0.171. The van der Waals surface area contributed by atoms with Gasteiger partial charge in [-0.05, 0) is 32.9 Å². The Kier molecular flexibility index (Phi) is 5.34. The molecule has 1 aromatic rings. The van der Waals surface area contributed by atoms with E-state index in [4.69, 9.17) is 4.74 Å². The van der Waals surface area contributed by atoms with Crippen LogP contribution in [0.15, 0.2) is 11.2 Å². The average Bonchev–Trinajstić information content (AvgIpc) is 2.54. The SMILES string of the molecule is CN1CCC1COc1cc(NC2CCC(F)(F)CC2)nc(S(C)(=O)=O)n1. The quantitative estimate of drug-likeness (QED) is 0.743.